The Morgan fingerprint density at radius 1 is 1.53 bits per heavy atom. The van der Waals surface area contributed by atoms with Crippen molar-refractivity contribution in [2.75, 3.05) is 0 Å². The fraction of sp³-hybridized carbons (Fsp3) is 0.692. The van der Waals surface area contributed by atoms with E-state index in [0.29, 0.717) is 5.92 Å². The first-order chi connectivity index (χ1) is 8.11. The topological polar surface area (TPSA) is 50.2 Å². The maximum Gasteiger partial charge on any atom is 0.355 e. The van der Waals surface area contributed by atoms with Crippen LogP contribution in [0.4, 0.5) is 0 Å². The van der Waals surface area contributed by atoms with Crippen LogP contribution in [0.25, 0.3) is 0 Å². The molecule has 1 aromatic heterocycles. The minimum Gasteiger partial charge on any atom is -0.476 e. The van der Waals surface area contributed by atoms with Gasteiger partial charge in [0, 0.05) is 10.8 Å². The minimum atomic E-state index is -0.896. The van der Waals surface area contributed by atoms with Gasteiger partial charge < -0.3 is 5.11 Å². The summed E-state index contributed by atoms with van der Waals surface area (Å²) in [5.74, 6) is 0.393. The van der Waals surface area contributed by atoms with Crippen molar-refractivity contribution in [3.8, 4) is 0 Å². The Hall–Kier alpha value is -0.900. The number of hydrogen-bond donors (Lipinski definition) is 1. The molecule has 1 aromatic rings. The van der Waals surface area contributed by atoms with Gasteiger partial charge in [0.25, 0.3) is 0 Å². The quantitative estimate of drug-likeness (QED) is 0.890. The molecule has 0 radical (unpaired) electrons. The zero-order valence-corrected chi connectivity index (χ0v) is 11.2. The van der Waals surface area contributed by atoms with E-state index in [9.17, 15) is 4.79 Å². The second-order valence-electron chi connectivity index (χ2n) is 4.90. The SMILES string of the molecule is CCC1CCCC(c2nc(C(=O)O)c(C)s2)C1. The molecule has 1 saturated carbocycles. The lowest BCUT2D eigenvalue weighted by Crippen LogP contribution is -2.13. The molecule has 0 amide bonds. The van der Waals surface area contributed by atoms with Crippen LogP contribution in [0.5, 0.6) is 0 Å². The van der Waals surface area contributed by atoms with Crippen LogP contribution < -0.4 is 0 Å². The Bertz CT molecular complexity index is 414. The van der Waals surface area contributed by atoms with E-state index in [1.165, 1.54) is 32.1 Å². The van der Waals surface area contributed by atoms with Crippen LogP contribution >= 0.6 is 11.3 Å². The number of aromatic carboxylic acids is 1. The molecule has 2 atom stereocenters. The summed E-state index contributed by atoms with van der Waals surface area (Å²) in [6.07, 6.45) is 6.16. The number of carboxylic acids is 1. The van der Waals surface area contributed by atoms with Gasteiger partial charge in [0.05, 0.1) is 5.01 Å². The van der Waals surface area contributed by atoms with Gasteiger partial charge in [-0.25, -0.2) is 9.78 Å². The molecule has 0 aromatic carbocycles. The monoisotopic (exact) mass is 253 g/mol. The highest BCUT2D eigenvalue weighted by atomic mass is 32.1. The molecule has 17 heavy (non-hydrogen) atoms. The predicted octanol–water partition coefficient (Wildman–Crippen LogP) is 3.83. The molecule has 1 aliphatic rings. The fourth-order valence-electron chi connectivity index (χ4n) is 2.68. The second kappa shape index (κ2) is 5.17. The molecule has 4 heteroatoms. The van der Waals surface area contributed by atoms with Crippen molar-refractivity contribution in [1.82, 2.24) is 4.98 Å². The number of aryl methyl sites for hydroxylation is 1. The van der Waals surface area contributed by atoms with E-state index in [-0.39, 0.29) is 5.69 Å². The molecular weight excluding hydrogens is 234 g/mol. The molecule has 94 valence electrons. The molecule has 1 N–H and O–H groups in total. The Balaban J connectivity index is 2.16. The van der Waals surface area contributed by atoms with Gasteiger partial charge in [-0.2, -0.15) is 0 Å². The number of carbonyl (C=O) groups is 1. The summed E-state index contributed by atoms with van der Waals surface area (Å²) >= 11 is 1.57. The number of nitrogens with zero attached hydrogens (tertiary/aromatic N) is 1. The first-order valence-corrected chi connectivity index (χ1v) is 7.14. The number of rotatable bonds is 3. The summed E-state index contributed by atoms with van der Waals surface area (Å²) in [6, 6.07) is 0. The molecule has 0 aliphatic heterocycles. The van der Waals surface area contributed by atoms with Crippen molar-refractivity contribution in [3.63, 3.8) is 0 Å². The van der Waals surface area contributed by atoms with Gasteiger partial charge >= 0.3 is 5.97 Å². The summed E-state index contributed by atoms with van der Waals surface area (Å²) in [6.45, 7) is 4.09. The van der Waals surface area contributed by atoms with E-state index in [1.54, 1.807) is 11.3 Å². The maximum absolute atomic E-state index is 11.0. The van der Waals surface area contributed by atoms with E-state index in [4.69, 9.17) is 5.11 Å². The third-order valence-corrected chi connectivity index (χ3v) is 4.86. The van der Waals surface area contributed by atoms with Gasteiger partial charge in [-0.05, 0) is 25.7 Å². The number of aromatic nitrogens is 1. The zero-order chi connectivity index (χ0) is 12.4. The van der Waals surface area contributed by atoms with Crippen LogP contribution in [0.15, 0.2) is 0 Å². The Morgan fingerprint density at radius 3 is 2.88 bits per heavy atom. The average Bonchev–Trinajstić information content (AvgIpc) is 2.71. The van der Waals surface area contributed by atoms with Crippen LogP contribution in [-0.2, 0) is 0 Å². The number of hydrogen-bond acceptors (Lipinski definition) is 3. The van der Waals surface area contributed by atoms with Crippen molar-refractivity contribution in [3.05, 3.63) is 15.6 Å². The first-order valence-electron chi connectivity index (χ1n) is 6.32. The third-order valence-electron chi connectivity index (χ3n) is 3.73. The van der Waals surface area contributed by atoms with Crippen LogP contribution in [-0.4, -0.2) is 16.1 Å². The van der Waals surface area contributed by atoms with Crippen molar-refractivity contribution >= 4 is 17.3 Å². The van der Waals surface area contributed by atoms with E-state index in [1.807, 2.05) is 6.92 Å². The van der Waals surface area contributed by atoms with E-state index >= 15 is 0 Å². The predicted molar refractivity (Wildman–Crippen MR) is 68.8 cm³/mol. The lowest BCUT2D eigenvalue weighted by Gasteiger charge is -2.26. The molecule has 2 rings (SSSR count). The van der Waals surface area contributed by atoms with Crippen LogP contribution in [0, 0.1) is 12.8 Å². The largest absolute Gasteiger partial charge is 0.476 e. The Labute approximate surface area is 106 Å². The zero-order valence-electron chi connectivity index (χ0n) is 10.4. The molecule has 1 heterocycles. The summed E-state index contributed by atoms with van der Waals surface area (Å²) in [4.78, 5) is 16.1. The van der Waals surface area contributed by atoms with Gasteiger partial charge in [0.1, 0.15) is 0 Å². The number of carboxylic acid groups (broad SMARTS) is 1. The highest BCUT2D eigenvalue weighted by Gasteiger charge is 2.26. The fourth-order valence-corrected chi connectivity index (χ4v) is 3.74. The van der Waals surface area contributed by atoms with Crippen LogP contribution in [0.3, 0.4) is 0 Å². The van der Waals surface area contributed by atoms with Crippen molar-refractivity contribution in [2.24, 2.45) is 5.92 Å². The van der Waals surface area contributed by atoms with Crippen LogP contribution in [0.2, 0.25) is 0 Å². The molecular formula is C13H19NO2S. The summed E-state index contributed by atoms with van der Waals surface area (Å²) in [7, 11) is 0. The molecule has 1 fully saturated rings. The molecule has 0 bridgehead atoms. The average molecular weight is 253 g/mol. The van der Waals surface area contributed by atoms with E-state index in [0.717, 1.165) is 15.8 Å². The lowest BCUT2D eigenvalue weighted by molar-refractivity contribution is 0.0690. The van der Waals surface area contributed by atoms with Gasteiger partial charge in [-0.1, -0.05) is 26.2 Å². The second-order valence-corrected chi connectivity index (χ2v) is 6.13. The lowest BCUT2D eigenvalue weighted by atomic mass is 9.80. The Kier molecular flexibility index (Phi) is 3.82. The summed E-state index contributed by atoms with van der Waals surface area (Å²) in [5.41, 5.74) is 0.253. The smallest absolute Gasteiger partial charge is 0.355 e. The summed E-state index contributed by atoms with van der Waals surface area (Å²) in [5, 5.41) is 10.1. The normalized spacial score (nSPS) is 24.8. The summed E-state index contributed by atoms with van der Waals surface area (Å²) < 4.78 is 0. The molecule has 1 aliphatic carbocycles. The third kappa shape index (κ3) is 2.68. The molecule has 2 unspecified atom stereocenters. The van der Waals surface area contributed by atoms with Crippen molar-refractivity contribution in [2.45, 2.75) is 51.9 Å². The van der Waals surface area contributed by atoms with E-state index < -0.39 is 5.97 Å². The Morgan fingerprint density at radius 2 is 2.29 bits per heavy atom. The minimum absolute atomic E-state index is 0.253. The maximum atomic E-state index is 11.0. The van der Waals surface area contributed by atoms with Gasteiger partial charge in [0.2, 0.25) is 0 Å². The first kappa shape index (κ1) is 12.6. The van der Waals surface area contributed by atoms with Crippen molar-refractivity contribution < 1.29 is 9.90 Å². The number of thiazole rings is 1. The molecule has 0 saturated heterocycles. The molecule has 3 nitrogen and oxygen atoms in total. The van der Waals surface area contributed by atoms with Gasteiger partial charge in [-0.15, -0.1) is 11.3 Å². The molecule has 0 spiro atoms. The standard InChI is InChI=1S/C13H19NO2S/c1-3-9-5-4-6-10(7-9)12-14-11(13(15)16)8(2)17-12/h9-10H,3-7H2,1-2H3,(H,15,16). The highest BCUT2D eigenvalue weighted by molar-refractivity contribution is 7.12. The van der Waals surface area contributed by atoms with E-state index in [2.05, 4.69) is 11.9 Å². The van der Waals surface area contributed by atoms with Crippen LogP contribution in [0.1, 0.15) is 65.3 Å². The van der Waals surface area contributed by atoms with Gasteiger partial charge in [-0.3, -0.25) is 0 Å². The highest BCUT2D eigenvalue weighted by Crippen LogP contribution is 2.39. The van der Waals surface area contributed by atoms with Gasteiger partial charge in [0.15, 0.2) is 5.69 Å². The van der Waals surface area contributed by atoms with Crippen molar-refractivity contribution in [1.29, 1.82) is 0 Å².